The lowest BCUT2D eigenvalue weighted by molar-refractivity contribution is -0.120. The molecule has 0 radical (unpaired) electrons. The Labute approximate surface area is 106 Å². The highest BCUT2D eigenvalue weighted by Crippen LogP contribution is 2.24. The van der Waals surface area contributed by atoms with Gasteiger partial charge in [-0.1, -0.05) is 0 Å². The summed E-state index contributed by atoms with van der Waals surface area (Å²) < 4.78 is 18.6. The van der Waals surface area contributed by atoms with Gasteiger partial charge < -0.3 is 15.8 Å². The first kappa shape index (κ1) is 14.4. The zero-order chi connectivity index (χ0) is 13.5. The van der Waals surface area contributed by atoms with Crippen molar-refractivity contribution in [1.82, 2.24) is 5.32 Å². The van der Waals surface area contributed by atoms with Crippen molar-refractivity contribution >= 4 is 5.91 Å². The number of amides is 1. The fraction of sp³-hybridized carbons (Fsp3) is 0.462. The average Bonchev–Trinajstić information content (AvgIpc) is 2.35. The molecule has 4 nitrogen and oxygen atoms in total. The van der Waals surface area contributed by atoms with E-state index in [-0.39, 0.29) is 17.8 Å². The number of halogens is 1. The van der Waals surface area contributed by atoms with Crippen LogP contribution in [-0.2, 0) is 4.79 Å². The molecule has 18 heavy (non-hydrogen) atoms. The van der Waals surface area contributed by atoms with Crippen LogP contribution in [0, 0.1) is 5.82 Å². The third-order valence-electron chi connectivity index (χ3n) is 2.55. The summed E-state index contributed by atoms with van der Waals surface area (Å²) in [5, 5.41) is 2.54. The molecule has 0 saturated heterocycles. The minimum atomic E-state index is -0.333. The molecular weight excluding hydrogens is 235 g/mol. The van der Waals surface area contributed by atoms with Gasteiger partial charge in [-0.15, -0.1) is 0 Å². The lowest BCUT2D eigenvalue weighted by atomic mass is 10.1. The number of nitrogens with two attached hydrogens (primary N) is 1. The quantitative estimate of drug-likeness (QED) is 0.760. The van der Waals surface area contributed by atoms with E-state index in [1.54, 1.807) is 20.0 Å². The SMILES string of the molecule is CNC(=O)CCCOc1ccc(F)cc1[C@@H](C)N. The van der Waals surface area contributed by atoms with Gasteiger partial charge in [0, 0.05) is 25.1 Å². The van der Waals surface area contributed by atoms with E-state index in [0.717, 1.165) is 0 Å². The van der Waals surface area contributed by atoms with Crippen LogP contribution in [0.5, 0.6) is 5.75 Å². The molecule has 0 aliphatic carbocycles. The summed E-state index contributed by atoms with van der Waals surface area (Å²) in [6, 6.07) is 3.97. The van der Waals surface area contributed by atoms with E-state index >= 15 is 0 Å². The summed E-state index contributed by atoms with van der Waals surface area (Å²) in [5.41, 5.74) is 6.38. The predicted octanol–water partition coefficient (Wildman–Crippen LogP) is 1.75. The highest BCUT2D eigenvalue weighted by Gasteiger charge is 2.09. The molecule has 100 valence electrons. The summed E-state index contributed by atoms with van der Waals surface area (Å²) in [7, 11) is 1.59. The maximum Gasteiger partial charge on any atom is 0.219 e. The molecule has 5 heteroatoms. The topological polar surface area (TPSA) is 64.3 Å². The molecular formula is C13H19FN2O2. The van der Waals surface area contributed by atoms with Gasteiger partial charge in [0.15, 0.2) is 0 Å². The molecule has 0 aliphatic rings. The van der Waals surface area contributed by atoms with E-state index in [9.17, 15) is 9.18 Å². The molecule has 0 spiro atoms. The Morgan fingerprint density at radius 3 is 2.89 bits per heavy atom. The van der Waals surface area contributed by atoms with E-state index in [1.807, 2.05) is 0 Å². The number of ether oxygens (including phenoxy) is 1. The molecule has 0 unspecified atom stereocenters. The van der Waals surface area contributed by atoms with E-state index in [2.05, 4.69) is 5.32 Å². The van der Waals surface area contributed by atoms with Gasteiger partial charge >= 0.3 is 0 Å². The Kier molecular flexibility index (Phi) is 5.58. The number of carbonyl (C=O) groups excluding carboxylic acids is 1. The van der Waals surface area contributed by atoms with Gasteiger partial charge in [-0.2, -0.15) is 0 Å². The highest BCUT2D eigenvalue weighted by molar-refractivity contribution is 5.75. The molecule has 3 N–H and O–H groups in total. The summed E-state index contributed by atoms with van der Waals surface area (Å²) in [6.07, 6.45) is 1.01. The maximum absolute atomic E-state index is 13.1. The summed E-state index contributed by atoms with van der Waals surface area (Å²) >= 11 is 0. The fourth-order valence-corrected chi connectivity index (χ4v) is 1.55. The number of hydrogen-bond acceptors (Lipinski definition) is 3. The van der Waals surface area contributed by atoms with Gasteiger partial charge in [-0.3, -0.25) is 4.79 Å². The Bertz CT molecular complexity index is 408. The third kappa shape index (κ3) is 4.33. The Balaban J connectivity index is 2.54. The molecule has 0 bridgehead atoms. The molecule has 1 aromatic rings. The highest BCUT2D eigenvalue weighted by atomic mass is 19.1. The van der Waals surface area contributed by atoms with Crippen LogP contribution in [0.25, 0.3) is 0 Å². The number of hydrogen-bond donors (Lipinski definition) is 2. The van der Waals surface area contributed by atoms with Gasteiger partial charge in [-0.05, 0) is 31.5 Å². The van der Waals surface area contributed by atoms with Crippen molar-refractivity contribution in [1.29, 1.82) is 0 Å². The van der Waals surface area contributed by atoms with Crippen LogP contribution in [0.1, 0.15) is 31.4 Å². The zero-order valence-electron chi connectivity index (χ0n) is 10.7. The first-order chi connectivity index (χ1) is 8.54. The second-order valence-electron chi connectivity index (χ2n) is 4.10. The van der Waals surface area contributed by atoms with Gasteiger partial charge in [0.05, 0.1) is 6.61 Å². The van der Waals surface area contributed by atoms with Crippen LogP contribution in [0.4, 0.5) is 4.39 Å². The Morgan fingerprint density at radius 2 is 2.28 bits per heavy atom. The first-order valence-electron chi connectivity index (χ1n) is 5.93. The smallest absolute Gasteiger partial charge is 0.219 e. The van der Waals surface area contributed by atoms with Crippen molar-refractivity contribution in [3.8, 4) is 5.75 Å². The Hall–Kier alpha value is -1.62. The maximum atomic E-state index is 13.1. The second-order valence-corrected chi connectivity index (χ2v) is 4.10. The van der Waals surface area contributed by atoms with Crippen LogP contribution in [-0.4, -0.2) is 19.6 Å². The molecule has 1 rings (SSSR count). The van der Waals surface area contributed by atoms with Crippen molar-refractivity contribution in [3.05, 3.63) is 29.6 Å². The minimum Gasteiger partial charge on any atom is -0.493 e. The largest absolute Gasteiger partial charge is 0.493 e. The monoisotopic (exact) mass is 254 g/mol. The summed E-state index contributed by atoms with van der Waals surface area (Å²) in [4.78, 5) is 11.0. The second kappa shape index (κ2) is 6.96. The van der Waals surface area contributed by atoms with E-state index in [4.69, 9.17) is 10.5 Å². The minimum absolute atomic E-state index is 0.0230. The van der Waals surface area contributed by atoms with Crippen molar-refractivity contribution in [3.63, 3.8) is 0 Å². The Morgan fingerprint density at radius 1 is 1.56 bits per heavy atom. The fourth-order valence-electron chi connectivity index (χ4n) is 1.55. The van der Waals surface area contributed by atoms with E-state index in [1.165, 1.54) is 12.1 Å². The van der Waals surface area contributed by atoms with Gasteiger partial charge in [0.1, 0.15) is 11.6 Å². The molecule has 0 heterocycles. The van der Waals surface area contributed by atoms with E-state index in [0.29, 0.717) is 30.8 Å². The van der Waals surface area contributed by atoms with Crippen LogP contribution in [0.2, 0.25) is 0 Å². The molecule has 1 atom stereocenters. The van der Waals surface area contributed by atoms with Gasteiger partial charge in [0.2, 0.25) is 5.91 Å². The van der Waals surface area contributed by atoms with Crippen LogP contribution < -0.4 is 15.8 Å². The third-order valence-corrected chi connectivity index (χ3v) is 2.55. The predicted molar refractivity (Wildman–Crippen MR) is 67.8 cm³/mol. The van der Waals surface area contributed by atoms with Gasteiger partial charge in [0.25, 0.3) is 0 Å². The summed E-state index contributed by atoms with van der Waals surface area (Å²) in [5.74, 6) is 0.216. The van der Waals surface area contributed by atoms with E-state index < -0.39 is 0 Å². The molecule has 0 aromatic heterocycles. The lowest BCUT2D eigenvalue weighted by Gasteiger charge is -2.14. The van der Waals surface area contributed by atoms with Crippen LogP contribution in [0.15, 0.2) is 18.2 Å². The lowest BCUT2D eigenvalue weighted by Crippen LogP contribution is -2.18. The first-order valence-corrected chi connectivity index (χ1v) is 5.93. The van der Waals surface area contributed by atoms with Crippen molar-refractivity contribution in [2.45, 2.75) is 25.8 Å². The number of carbonyl (C=O) groups is 1. The van der Waals surface area contributed by atoms with Crippen molar-refractivity contribution in [2.75, 3.05) is 13.7 Å². The number of nitrogens with one attached hydrogen (secondary N) is 1. The zero-order valence-corrected chi connectivity index (χ0v) is 10.7. The molecule has 0 saturated carbocycles. The van der Waals surface area contributed by atoms with Crippen molar-refractivity contribution < 1.29 is 13.9 Å². The molecule has 0 fully saturated rings. The molecule has 1 aromatic carbocycles. The molecule has 0 aliphatic heterocycles. The number of benzene rings is 1. The molecule has 1 amide bonds. The number of rotatable bonds is 6. The van der Waals surface area contributed by atoms with Crippen LogP contribution in [0.3, 0.4) is 0 Å². The normalized spacial score (nSPS) is 12.0. The standard InChI is InChI=1S/C13H19FN2O2/c1-9(15)11-8-10(14)5-6-12(11)18-7-3-4-13(17)16-2/h5-6,8-9H,3-4,7,15H2,1-2H3,(H,16,17)/t9-/m1/s1. The van der Waals surface area contributed by atoms with Crippen molar-refractivity contribution in [2.24, 2.45) is 5.73 Å². The van der Waals surface area contributed by atoms with Crippen LogP contribution >= 0.6 is 0 Å². The average molecular weight is 254 g/mol. The summed E-state index contributed by atoms with van der Waals surface area (Å²) in [6.45, 7) is 2.17. The van der Waals surface area contributed by atoms with Gasteiger partial charge in [-0.25, -0.2) is 4.39 Å².